The van der Waals surface area contributed by atoms with Crippen molar-refractivity contribution >= 4 is 0 Å². The van der Waals surface area contributed by atoms with Crippen molar-refractivity contribution in [3.05, 3.63) is 24.2 Å². The first-order valence-electron chi connectivity index (χ1n) is 7.19. The minimum atomic E-state index is -0.420. The minimum absolute atomic E-state index is 0.355. The van der Waals surface area contributed by atoms with Crippen LogP contribution in [0.1, 0.15) is 39.4 Å². The molecule has 0 bridgehead atoms. The van der Waals surface area contributed by atoms with Crippen LogP contribution in [-0.4, -0.2) is 30.4 Å². The molecule has 2 atom stereocenters. The molecular weight excluding hydrogens is 242 g/mol. The molecule has 4 heteroatoms. The lowest BCUT2D eigenvalue weighted by atomic mass is 10.0. The minimum Gasteiger partial charge on any atom is -0.467 e. The zero-order valence-corrected chi connectivity index (χ0v) is 12.3. The van der Waals surface area contributed by atoms with Crippen molar-refractivity contribution in [1.29, 1.82) is 0 Å². The first kappa shape index (κ1) is 16.2. The maximum Gasteiger partial charge on any atom is 0.129 e. The third-order valence-electron chi connectivity index (χ3n) is 3.14. The molecule has 0 radical (unpaired) electrons. The molecule has 1 aromatic rings. The SMILES string of the molecule is CC(C)CC[C@@H](C)[NH2+]C[C@@H](O)COCc1ccco1. The molecule has 1 aromatic heterocycles. The number of nitrogens with two attached hydrogens (primary N) is 1. The zero-order chi connectivity index (χ0) is 14.1. The van der Waals surface area contributed by atoms with E-state index in [-0.39, 0.29) is 0 Å². The van der Waals surface area contributed by atoms with Crippen LogP contribution in [0.3, 0.4) is 0 Å². The van der Waals surface area contributed by atoms with Gasteiger partial charge in [0.15, 0.2) is 0 Å². The van der Waals surface area contributed by atoms with Crippen molar-refractivity contribution in [2.75, 3.05) is 13.2 Å². The van der Waals surface area contributed by atoms with Crippen molar-refractivity contribution in [3.63, 3.8) is 0 Å². The zero-order valence-electron chi connectivity index (χ0n) is 12.3. The van der Waals surface area contributed by atoms with Gasteiger partial charge in [-0.25, -0.2) is 0 Å². The van der Waals surface area contributed by atoms with Crippen LogP contribution >= 0.6 is 0 Å². The number of quaternary nitrogens is 1. The summed E-state index contributed by atoms with van der Waals surface area (Å²) in [5.74, 6) is 1.54. The van der Waals surface area contributed by atoms with Crippen LogP contribution in [0, 0.1) is 5.92 Å². The lowest BCUT2D eigenvalue weighted by Crippen LogP contribution is -2.91. The van der Waals surface area contributed by atoms with Gasteiger partial charge in [0.25, 0.3) is 0 Å². The molecule has 0 aromatic carbocycles. The quantitative estimate of drug-likeness (QED) is 0.678. The fraction of sp³-hybridized carbons (Fsp3) is 0.733. The second-order valence-electron chi connectivity index (χ2n) is 5.67. The maximum atomic E-state index is 9.82. The summed E-state index contributed by atoms with van der Waals surface area (Å²) in [7, 11) is 0. The second kappa shape index (κ2) is 9.13. The number of hydrogen-bond donors (Lipinski definition) is 2. The van der Waals surface area contributed by atoms with Gasteiger partial charge >= 0.3 is 0 Å². The van der Waals surface area contributed by atoms with E-state index >= 15 is 0 Å². The number of hydrogen-bond acceptors (Lipinski definition) is 3. The van der Waals surface area contributed by atoms with Gasteiger partial charge in [-0.3, -0.25) is 0 Å². The second-order valence-corrected chi connectivity index (χ2v) is 5.67. The van der Waals surface area contributed by atoms with Gasteiger partial charge in [-0.2, -0.15) is 0 Å². The van der Waals surface area contributed by atoms with Gasteiger partial charge in [-0.05, 0) is 37.8 Å². The highest BCUT2D eigenvalue weighted by atomic mass is 16.5. The maximum absolute atomic E-state index is 9.82. The Balaban J connectivity index is 2.02. The predicted octanol–water partition coefficient (Wildman–Crippen LogP) is 1.55. The number of ether oxygens (including phenoxy) is 1. The summed E-state index contributed by atoms with van der Waals surface area (Å²) in [5, 5.41) is 12.0. The Morgan fingerprint density at radius 2 is 2.11 bits per heavy atom. The van der Waals surface area contributed by atoms with Gasteiger partial charge in [-0.1, -0.05) is 13.8 Å². The van der Waals surface area contributed by atoms with Gasteiger partial charge in [0.2, 0.25) is 0 Å². The number of furan rings is 1. The van der Waals surface area contributed by atoms with Crippen molar-refractivity contribution < 1.29 is 19.6 Å². The largest absolute Gasteiger partial charge is 0.467 e. The molecule has 4 nitrogen and oxygen atoms in total. The van der Waals surface area contributed by atoms with Crippen LogP contribution in [0.4, 0.5) is 0 Å². The third-order valence-corrected chi connectivity index (χ3v) is 3.14. The first-order valence-corrected chi connectivity index (χ1v) is 7.19. The monoisotopic (exact) mass is 270 g/mol. The van der Waals surface area contributed by atoms with Crippen molar-refractivity contribution in [2.24, 2.45) is 5.92 Å². The van der Waals surface area contributed by atoms with E-state index in [1.54, 1.807) is 6.26 Å². The number of rotatable bonds is 10. The Labute approximate surface area is 116 Å². The lowest BCUT2D eigenvalue weighted by Gasteiger charge is -2.15. The molecule has 0 aliphatic carbocycles. The molecule has 0 spiro atoms. The van der Waals surface area contributed by atoms with E-state index < -0.39 is 6.10 Å². The third kappa shape index (κ3) is 8.03. The number of aliphatic hydroxyl groups is 1. The molecule has 0 fully saturated rings. The van der Waals surface area contributed by atoms with Gasteiger partial charge in [0.1, 0.15) is 25.0 Å². The van der Waals surface area contributed by atoms with Crippen LogP contribution in [-0.2, 0) is 11.3 Å². The molecule has 0 unspecified atom stereocenters. The molecule has 0 aliphatic rings. The molecule has 19 heavy (non-hydrogen) atoms. The standard InChI is InChI=1S/C15H27NO3/c1-12(2)6-7-13(3)16-9-14(17)10-18-11-15-5-4-8-19-15/h4-5,8,12-14,16-17H,6-7,9-11H2,1-3H3/p+1/t13-,14-/m1/s1. The lowest BCUT2D eigenvalue weighted by molar-refractivity contribution is -0.692. The average Bonchev–Trinajstić information content (AvgIpc) is 2.87. The van der Waals surface area contributed by atoms with E-state index in [1.807, 2.05) is 12.1 Å². The summed E-state index contributed by atoms with van der Waals surface area (Å²) >= 11 is 0. The topological polar surface area (TPSA) is 59.2 Å². The van der Waals surface area contributed by atoms with Crippen LogP contribution in [0.15, 0.2) is 22.8 Å². The Kier molecular flexibility index (Phi) is 7.79. The predicted molar refractivity (Wildman–Crippen MR) is 74.7 cm³/mol. The Morgan fingerprint density at radius 3 is 2.74 bits per heavy atom. The van der Waals surface area contributed by atoms with E-state index in [1.165, 1.54) is 12.8 Å². The van der Waals surface area contributed by atoms with Crippen molar-refractivity contribution in [2.45, 2.75) is 52.4 Å². The van der Waals surface area contributed by atoms with Crippen LogP contribution in [0.25, 0.3) is 0 Å². The van der Waals surface area contributed by atoms with Crippen LogP contribution in [0.2, 0.25) is 0 Å². The fourth-order valence-electron chi connectivity index (χ4n) is 1.86. The summed E-state index contributed by atoms with van der Waals surface area (Å²) in [4.78, 5) is 0. The highest BCUT2D eigenvalue weighted by molar-refractivity contribution is 4.95. The summed E-state index contributed by atoms with van der Waals surface area (Å²) in [6, 6.07) is 4.26. The summed E-state index contributed by atoms with van der Waals surface area (Å²) in [6.07, 6.45) is 3.64. The van der Waals surface area contributed by atoms with E-state index in [0.717, 1.165) is 11.7 Å². The van der Waals surface area contributed by atoms with Gasteiger partial charge in [-0.15, -0.1) is 0 Å². The smallest absolute Gasteiger partial charge is 0.129 e. The highest BCUT2D eigenvalue weighted by Gasteiger charge is 2.11. The summed E-state index contributed by atoms with van der Waals surface area (Å²) < 4.78 is 10.6. The van der Waals surface area contributed by atoms with Gasteiger partial charge in [0.05, 0.1) is 18.9 Å². The van der Waals surface area contributed by atoms with Gasteiger partial charge in [0, 0.05) is 0 Å². The van der Waals surface area contributed by atoms with Crippen LogP contribution in [0.5, 0.6) is 0 Å². The molecule has 110 valence electrons. The average molecular weight is 270 g/mol. The fourth-order valence-corrected chi connectivity index (χ4v) is 1.86. The molecule has 3 N–H and O–H groups in total. The van der Waals surface area contributed by atoms with E-state index in [4.69, 9.17) is 9.15 Å². The molecule has 1 heterocycles. The normalized spacial score (nSPS) is 14.8. The molecular formula is C15H28NO3+. The molecule has 0 saturated heterocycles. The van der Waals surface area contributed by atoms with Crippen LogP contribution < -0.4 is 5.32 Å². The Hall–Kier alpha value is -0.840. The highest BCUT2D eigenvalue weighted by Crippen LogP contribution is 2.04. The molecule has 1 rings (SSSR count). The summed E-state index contributed by atoms with van der Waals surface area (Å²) in [5.41, 5.74) is 0. The van der Waals surface area contributed by atoms with Crippen molar-refractivity contribution in [3.8, 4) is 0 Å². The number of aliphatic hydroxyl groups excluding tert-OH is 1. The molecule has 0 amide bonds. The Morgan fingerprint density at radius 1 is 1.32 bits per heavy atom. The summed E-state index contributed by atoms with van der Waals surface area (Å²) in [6.45, 7) is 8.16. The first-order chi connectivity index (χ1) is 9.08. The molecule has 0 saturated carbocycles. The van der Waals surface area contributed by atoms with E-state index in [0.29, 0.717) is 25.8 Å². The van der Waals surface area contributed by atoms with E-state index in [2.05, 4.69) is 26.1 Å². The van der Waals surface area contributed by atoms with Crippen molar-refractivity contribution in [1.82, 2.24) is 0 Å². The molecule has 0 aliphatic heterocycles. The Bertz CT molecular complexity index is 311. The van der Waals surface area contributed by atoms with Gasteiger partial charge < -0.3 is 19.6 Å². The van der Waals surface area contributed by atoms with E-state index in [9.17, 15) is 5.11 Å².